The summed E-state index contributed by atoms with van der Waals surface area (Å²) in [6.45, 7) is 3.06. The molecule has 0 aliphatic carbocycles. The minimum absolute atomic E-state index is 0.0611. The average Bonchev–Trinajstić information content (AvgIpc) is 2.39. The zero-order valence-corrected chi connectivity index (χ0v) is 11.0. The van der Waals surface area contributed by atoms with Gasteiger partial charge in [0.15, 0.2) is 0 Å². The molecule has 1 heterocycles. The number of nitrogens with zero attached hydrogens (tertiary/aromatic N) is 1. The molecule has 0 spiro atoms. The molecule has 1 aromatic rings. The molecule has 6 heteroatoms. The van der Waals surface area contributed by atoms with E-state index < -0.39 is 15.8 Å². The van der Waals surface area contributed by atoms with Crippen molar-refractivity contribution in [2.24, 2.45) is 0 Å². The first-order valence-corrected chi connectivity index (χ1v) is 7.35. The molecule has 100 valence electrons. The SMILES string of the molecule is CCC1CN(S(=O)(=O)c2ccc(F)cc2)CCO1. The number of halogens is 1. The second-order valence-corrected chi connectivity index (χ2v) is 6.16. The lowest BCUT2D eigenvalue weighted by Crippen LogP contribution is -2.45. The lowest BCUT2D eigenvalue weighted by molar-refractivity contribution is -0.00278. The Labute approximate surface area is 106 Å². The van der Waals surface area contributed by atoms with Crippen molar-refractivity contribution >= 4 is 10.0 Å². The second kappa shape index (κ2) is 5.34. The smallest absolute Gasteiger partial charge is 0.243 e. The lowest BCUT2D eigenvalue weighted by atomic mass is 10.2. The molecule has 1 aromatic carbocycles. The van der Waals surface area contributed by atoms with Crippen molar-refractivity contribution in [3.63, 3.8) is 0 Å². The Bertz CT molecular complexity index is 501. The van der Waals surface area contributed by atoms with Gasteiger partial charge >= 0.3 is 0 Å². The maximum Gasteiger partial charge on any atom is 0.243 e. The minimum Gasteiger partial charge on any atom is -0.375 e. The fourth-order valence-electron chi connectivity index (χ4n) is 1.91. The summed E-state index contributed by atoms with van der Waals surface area (Å²) in [6, 6.07) is 4.90. The van der Waals surface area contributed by atoms with E-state index >= 15 is 0 Å². The monoisotopic (exact) mass is 273 g/mol. The summed E-state index contributed by atoms with van der Waals surface area (Å²) in [7, 11) is -3.54. The molecule has 1 aliphatic rings. The van der Waals surface area contributed by atoms with Gasteiger partial charge in [-0.05, 0) is 30.7 Å². The van der Waals surface area contributed by atoms with E-state index in [1.165, 1.54) is 16.4 Å². The molecule has 0 bridgehead atoms. The molecule has 0 aromatic heterocycles. The van der Waals surface area contributed by atoms with Crippen LogP contribution in [0, 0.1) is 5.82 Å². The molecule has 2 rings (SSSR count). The third kappa shape index (κ3) is 2.71. The van der Waals surface area contributed by atoms with Gasteiger partial charge in [0.25, 0.3) is 0 Å². The van der Waals surface area contributed by atoms with Gasteiger partial charge in [0.2, 0.25) is 10.0 Å². The largest absolute Gasteiger partial charge is 0.375 e. The molecule has 0 amide bonds. The van der Waals surface area contributed by atoms with E-state index in [2.05, 4.69) is 0 Å². The van der Waals surface area contributed by atoms with E-state index in [9.17, 15) is 12.8 Å². The van der Waals surface area contributed by atoms with E-state index in [1.54, 1.807) is 0 Å². The Balaban J connectivity index is 2.22. The highest BCUT2D eigenvalue weighted by Crippen LogP contribution is 2.19. The Hall–Kier alpha value is -0.980. The Morgan fingerprint density at radius 2 is 2.06 bits per heavy atom. The van der Waals surface area contributed by atoms with Crippen LogP contribution in [0.2, 0.25) is 0 Å². The van der Waals surface area contributed by atoms with Crippen LogP contribution >= 0.6 is 0 Å². The first-order valence-electron chi connectivity index (χ1n) is 5.91. The van der Waals surface area contributed by atoms with Gasteiger partial charge in [-0.3, -0.25) is 0 Å². The van der Waals surface area contributed by atoms with Gasteiger partial charge in [-0.1, -0.05) is 6.92 Å². The van der Waals surface area contributed by atoms with Crippen LogP contribution in [0.3, 0.4) is 0 Å². The zero-order chi connectivity index (χ0) is 13.2. The molecule has 1 unspecified atom stereocenters. The van der Waals surface area contributed by atoms with E-state index in [-0.39, 0.29) is 11.0 Å². The van der Waals surface area contributed by atoms with Crippen LogP contribution in [0.1, 0.15) is 13.3 Å². The predicted octanol–water partition coefficient (Wildman–Crippen LogP) is 1.63. The highest BCUT2D eigenvalue weighted by atomic mass is 32.2. The van der Waals surface area contributed by atoms with Crippen LogP contribution in [-0.2, 0) is 14.8 Å². The number of sulfonamides is 1. The number of hydrogen-bond donors (Lipinski definition) is 0. The van der Waals surface area contributed by atoms with Crippen LogP contribution in [0.5, 0.6) is 0 Å². The highest BCUT2D eigenvalue weighted by molar-refractivity contribution is 7.89. The van der Waals surface area contributed by atoms with Crippen LogP contribution in [0.25, 0.3) is 0 Å². The normalized spacial score (nSPS) is 22.0. The fourth-order valence-corrected chi connectivity index (χ4v) is 3.37. The third-order valence-corrected chi connectivity index (χ3v) is 4.89. The summed E-state index contributed by atoms with van der Waals surface area (Å²) in [5.74, 6) is -0.442. The molecule has 1 atom stereocenters. The van der Waals surface area contributed by atoms with E-state index in [0.29, 0.717) is 19.7 Å². The van der Waals surface area contributed by atoms with E-state index in [1.807, 2.05) is 6.92 Å². The van der Waals surface area contributed by atoms with Crippen LogP contribution in [-0.4, -0.2) is 38.5 Å². The van der Waals surface area contributed by atoms with E-state index in [0.717, 1.165) is 18.6 Å². The summed E-state index contributed by atoms with van der Waals surface area (Å²) in [6.07, 6.45) is 0.712. The van der Waals surface area contributed by atoms with Gasteiger partial charge in [0.05, 0.1) is 17.6 Å². The third-order valence-electron chi connectivity index (χ3n) is 3.01. The molecule has 1 fully saturated rings. The molecule has 0 radical (unpaired) electrons. The molecule has 0 N–H and O–H groups in total. The fraction of sp³-hybridized carbons (Fsp3) is 0.500. The van der Waals surface area contributed by atoms with Gasteiger partial charge in [0, 0.05) is 13.1 Å². The summed E-state index contributed by atoms with van der Waals surface area (Å²) in [5, 5.41) is 0. The molecule has 1 saturated heterocycles. The zero-order valence-electron chi connectivity index (χ0n) is 10.2. The van der Waals surface area contributed by atoms with Crippen molar-refractivity contribution in [1.29, 1.82) is 0 Å². The van der Waals surface area contributed by atoms with Crippen molar-refractivity contribution in [3.05, 3.63) is 30.1 Å². The number of ether oxygens (including phenoxy) is 1. The molecule has 18 heavy (non-hydrogen) atoms. The summed E-state index contributed by atoms with van der Waals surface area (Å²) < 4.78 is 44.3. The Morgan fingerprint density at radius 3 is 2.67 bits per heavy atom. The Kier molecular flexibility index (Phi) is 3.99. The number of morpholine rings is 1. The van der Waals surface area contributed by atoms with Crippen molar-refractivity contribution in [2.45, 2.75) is 24.3 Å². The van der Waals surface area contributed by atoms with Gasteiger partial charge < -0.3 is 4.74 Å². The second-order valence-electron chi connectivity index (χ2n) is 4.22. The predicted molar refractivity (Wildman–Crippen MR) is 65.2 cm³/mol. The van der Waals surface area contributed by atoms with E-state index in [4.69, 9.17) is 4.74 Å². The van der Waals surface area contributed by atoms with Crippen molar-refractivity contribution in [1.82, 2.24) is 4.31 Å². The summed E-state index contributed by atoms with van der Waals surface area (Å²) in [5.41, 5.74) is 0. The lowest BCUT2D eigenvalue weighted by Gasteiger charge is -2.31. The molecule has 0 saturated carbocycles. The molecular formula is C12H16FNO3S. The molecule has 1 aliphatic heterocycles. The van der Waals surface area contributed by atoms with Gasteiger partial charge in [-0.2, -0.15) is 4.31 Å². The van der Waals surface area contributed by atoms with Gasteiger partial charge in [0.1, 0.15) is 5.82 Å². The van der Waals surface area contributed by atoms with Crippen molar-refractivity contribution in [2.75, 3.05) is 19.7 Å². The average molecular weight is 273 g/mol. The standard InChI is InChI=1S/C12H16FNO3S/c1-2-11-9-14(7-8-17-11)18(15,16)12-5-3-10(13)4-6-12/h3-6,11H,2,7-9H2,1H3. The number of benzene rings is 1. The first-order chi connectivity index (χ1) is 8.54. The van der Waals surface area contributed by atoms with Crippen molar-refractivity contribution in [3.8, 4) is 0 Å². The van der Waals surface area contributed by atoms with Crippen molar-refractivity contribution < 1.29 is 17.5 Å². The van der Waals surface area contributed by atoms with Crippen LogP contribution < -0.4 is 0 Å². The maximum absolute atomic E-state index is 12.8. The Morgan fingerprint density at radius 1 is 1.39 bits per heavy atom. The topological polar surface area (TPSA) is 46.6 Å². The van der Waals surface area contributed by atoms with Crippen LogP contribution in [0.15, 0.2) is 29.2 Å². The number of rotatable bonds is 3. The highest BCUT2D eigenvalue weighted by Gasteiger charge is 2.29. The van der Waals surface area contributed by atoms with Gasteiger partial charge in [-0.25, -0.2) is 12.8 Å². The minimum atomic E-state index is -3.54. The number of hydrogen-bond acceptors (Lipinski definition) is 3. The first kappa shape index (κ1) is 13.5. The van der Waals surface area contributed by atoms with Gasteiger partial charge in [-0.15, -0.1) is 0 Å². The van der Waals surface area contributed by atoms with Crippen LogP contribution in [0.4, 0.5) is 4.39 Å². The molecule has 4 nitrogen and oxygen atoms in total. The quantitative estimate of drug-likeness (QED) is 0.841. The summed E-state index contributed by atoms with van der Waals surface area (Å²) >= 11 is 0. The molecular weight excluding hydrogens is 257 g/mol. The maximum atomic E-state index is 12.8. The summed E-state index contributed by atoms with van der Waals surface area (Å²) in [4.78, 5) is 0.126.